The maximum Gasteiger partial charge on any atom is 0.222 e. The van der Waals surface area contributed by atoms with Crippen molar-refractivity contribution in [2.24, 2.45) is 0 Å². The van der Waals surface area contributed by atoms with Crippen molar-refractivity contribution >= 4 is 5.91 Å². The van der Waals surface area contributed by atoms with Crippen LogP contribution in [-0.2, 0) is 17.8 Å². The number of amides is 1. The fourth-order valence-electron chi connectivity index (χ4n) is 3.38. The predicted molar refractivity (Wildman–Crippen MR) is 105 cm³/mol. The van der Waals surface area contributed by atoms with Gasteiger partial charge in [-0.15, -0.1) is 0 Å². The van der Waals surface area contributed by atoms with Gasteiger partial charge < -0.3 is 4.90 Å². The lowest BCUT2D eigenvalue weighted by atomic mass is 10.0. The number of rotatable bonds is 6. The van der Waals surface area contributed by atoms with Crippen LogP contribution in [0.15, 0.2) is 48.8 Å². The summed E-state index contributed by atoms with van der Waals surface area (Å²) in [5.41, 5.74) is 3.87. The van der Waals surface area contributed by atoms with Crippen LogP contribution in [-0.4, -0.2) is 46.9 Å². The second kappa shape index (κ2) is 8.95. The average Bonchev–Trinajstić information content (AvgIpc) is 2.68. The standard InChI is InChI=1S/C22H29N3O/c1-18(2)21-8-5-20(6-9-21)17-24-12-14-25(15-13-24)22(26)10-7-19-4-3-11-23-16-19/h3-6,8-9,11,16,18H,7,10,12-15,17H2,1-2H3. The maximum atomic E-state index is 12.4. The van der Waals surface area contributed by atoms with Crippen molar-refractivity contribution in [3.8, 4) is 0 Å². The number of aromatic nitrogens is 1. The number of carbonyl (C=O) groups excluding carboxylic acids is 1. The molecule has 2 aromatic rings. The Hall–Kier alpha value is -2.20. The van der Waals surface area contributed by atoms with Gasteiger partial charge in [-0.05, 0) is 35.1 Å². The Morgan fingerprint density at radius 1 is 1.04 bits per heavy atom. The van der Waals surface area contributed by atoms with Gasteiger partial charge in [0, 0.05) is 51.5 Å². The van der Waals surface area contributed by atoms with E-state index in [1.54, 1.807) is 6.20 Å². The van der Waals surface area contributed by atoms with Gasteiger partial charge in [0.1, 0.15) is 0 Å². The third-order valence-electron chi connectivity index (χ3n) is 5.13. The summed E-state index contributed by atoms with van der Waals surface area (Å²) < 4.78 is 0. The first-order chi connectivity index (χ1) is 12.6. The van der Waals surface area contributed by atoms with Crippen LogP contribution in [0.25, 0.3) is 0 Å². The lowest BCUT2D eigenvalue weighted by Crippen LogP contribution is -2.48. The Kier molecular flexibility index (Phi) is 6.40. The summed E-state index contributed by atoms with van der Waals surface area (Å²) in [5, 5.41) is 0. The Labute approximate surface area is 156 Å². The minimum absolute atomic E-state index is 0.259. The van der Waals surface area contributed by atoms with Crippen LogP contribution in [0.5, 0.6) is 0 Å². The van der Waals surface area contributed by atoms with Gasteiger partial charge in [-0.25, -0.2) is 0 Å². The molecule has 0 radical (unpaired) electrons. The zero-order valence-electron chi connectivity index (χ0n) is 15.9. The van der Waals surface area contributed by atoms with Gasteiger partial charge in [-0.1, -0.05) is 44.2 Å². The maximum absolute atomic E-state index is 12.4. The minimum atomic E-state index is 0.259. The molecule has 138 valence electrons. The van der Waals surface area contributed by atoms with Crippen LogP contribution in [0, 0.1) is 0 Å². The van der Waals surface area contributed by atoms with E-state index >= 15 is 0 Å². The second-order valence-electron chi connectivity index (χ2n) is 7.41. The van der Waals surface area contributed by atoms with E-state index in [0.717, 1.165) is 44.7 Å². The van der Waals surface area contributed by atoms with Crippen LogP contribution in [0.2, 0.25) is 0 Å². The van der Waals surface area contributed by atoms with Gasteiger partial charge in [0.2, 0.25) is 5.91 Å². The molecule has 1 aromatic carbocycles. The van der Waals surface area contributed by atoms with Crippen LogP contribution in [0.3, 0.4) is 0 Å². The number of hydrogen-bond donors (Lipinski definition) is 0. The summed E-state index contributed by atoms with van der Waals surface area (Å²) in [4.78, 5) is 21.0. The summed E-state index contributed by atoms with van der Waals surface area (Å²) in [6.45, 7) is 8.97. The molecular formula is C22H29N3O. The SMILES string of the molecule is CC(C)c1ccc(CN2CCN(C(=O)CCc3cccnc3)CC2)cc1. The molecule has 0 N–H and O–H groups in total. The van der Waals surface area contributed by atoms with E-state index in [9.17, 15) is 4.79 Å². The lowest BCUT2D eigenvalue weighted by Gasteiger charge is -2.35. The summed E-state index contributed by atoms with van der Waals surface area (Å²) >= 11 is 0. The van der Waals surface area contributed by atoms with Crippen molar-refractivity contribution in [3.05, 3.63) is 65.5 Å². The summed E-state index contributed by atoms with van der Waals surface area (Å²) in [7, 11) is 0. The third-order valence-corrected chi connectivity index (χ3v) is 5.13. The molecule has 1 saturated heterocycles. The van der Waals surface area contributed by atoms with Crippen molar-refractivity contribution in [2.75, 3.05) is 26.2 Å². The van der Waals surface area contributed by atoms with E-state index in [0.29, 0.717) is 12.3 Å². The third kappa shape index (κ3) is 5.15. The molecule has 1 aliphatic rings. The van der Waals surface area contributed by atoms with E-state index < -0.39 is 0 Å². The van der Waals surface area contributed by atoms with Gasteiger partial charge in [-0.3, -0.25) is 14.7 Å². The Balaban J connectivity index is 1.42. The van der Waals surface area contributed by atoms with Gasteiger partial charge in [-0.2, -0.15) is 0 Å². The molecular weight excluding hydrogens is 322 g/mol. The lowest BCUT2D eigenvalue weighted by molar-refractivity contribution is -0.133. The molecule has 1 aromatic heterocycles. The van der Waals surface area contributed by atoms with Crippen molar-refractivity contribution < 1.29 is 4.79 Å². The monoisotopic (exact) mass is 351 g/mol. The molecule has 0 saturated carbocycles. The van der Waals surface area contributed by atoms with E-state index in [1.165, 1.54) is 11.1 Å². The first-order valence-corrected chi connectivity index (χ1v) is 9.59. The van der Waals surface area contributed by atoms with E-state index in [4.69, 9.17) is 0 Å². The predicted octanol–water partition coefficient (Wildman–Crippen LogP) is 3.48. The number of benzene rings is 1. The van der Waals surface area contributed by atoms with Crippen molar-refractivity contribution in [2.45, 2.75) is 39.2 Å². The Morgan fingerprint density at radius 3 is 2.38 bits per heavy atom. The summed E-state index contributed by atoms with van der Waals surface area (Å²) in [6.07, 6.45) is 4.95. The molecule has 3 rings (SSSR count). The second-order valence-corrected chi connectivity index (χ2v) is 7.41. The average molecular weight is 351 g/mol. The fraction of sp³-hybridized carbons (Fsp3) is 0.455. The smallest absolute Gasteiger partial charge is 0.222 e. The highest BCUT2D eigenvalue weighted by molar-refractivity contribution is 5.76. The molecule has 1 amide bonds. The molecule has 4 nitrogen and oxygen atoms in total. The zero-order chi connectivity index (χ0) is 18.4. The Morgan fingerprint density at radius 2 is 1.77 bits per heavy atom. The number of piperazine rings is 1. The highest BCUT2D eigenvalue weighted by Crippen LogP contribution is 2.16. The van der Waals surface area contributed by atoms with E-state index in [2.05, 4.69) is 48.0 Å². The number of carbonyl (C=O) groups is 1. The molecule has 26 heavy (non-hydrogen) atoms. The Bertz CT molecular complexity index is 689. The van der Waals surface area contributed by atoms with Gasteiger partial charge in [0.15, 0.2) is 0 Å². The number of hydrogen-bond acceptors (Lipinski definition) is 3. The first-order valence-electron chi connectivity index (χ1n) is 9.59. The van der Waals surface area contributed by atoms with Gasteiger partial charge >= 0.3 is 0 Å². The minimum Gasteiger partial charge on any atom is -0.340 e. The molecule has 0 atom stereocenters. The van der Waals surface area contributed by atoms with Crippen LogP contribution >= 0.6 is 0 Å². The zero-order valence-corrected chi connectivity index (χ0v) is 15.9. The molecule has 1 aliphatic heterocycles. The van der Waals surface area contributed by atoms with Crippen molar-refractivity contribution in [1.29, 1.82) is 0 Å². The number of nitrogens with zero attached hydrogens (tertiary/aromatic N) is 3. The van der Waals surface area contributed by atoms with Crippen LogP contribution in [0.4, 0.5) is 0 Å². The molecule has 0 unspecified atom stereocenters. The molecule has 0 bridgehead atoms. The normalized spacial score (nSPS) is 15.4. The largest absolute Gasteiger partial charge is 0.340 e. The molecule has 0 spiro atoms. The molecule has 1 fully saturated rings. The fourth-order valence-corrected chi connectivity index (χ4v) is 3.38. The first kappa shape index (κ1) is 18.6. The summed E-state index contributed by atoms with van der Waals surface area (Å²) in [5.74, 6) is 0.833. The quantitative estimate of drug-likeness (QED) is 0.799. The van der Waals surface area contributed by atoms with Crippen molar-refractivity contribution in [1.82, 2.24) is 14.8 Å². The van der Waals surface area contributed by atoms with E-state index in [1.807, 2.05) is 23.2 Å². The van der Waals surface area contributed by atoms with Crippen molar-refractivity contribution in [3.63, 3.8) is 0 Å². The van der Waals surface area contributed by atoms with E-state index in [-0.39, 0.29) is 5.91 Å². The molecule has 2 heterocycles. The number of pyridine rings is 1. The van der Waals surface area contributed by atoms with Crippen LogP contribution < -0.4 is 0 Å². The van der Waals surface area contributed by atoms with Gasteiger partial charge in [0.05, 0.1) is 0 Å². The number of aryl methyl sites for hydroxylation is 1. The molecule has 4 heteroatoms. The van der Waals surface area contributed by atoms with Crippen LogP contribution in [0.1, 0.15) is 42.9 Å². The summed E-state index contributed by atoms with van der Waals surface area (Å²) in [6, 6.07) is 12.9. The van der Waals surface area contributed by atoms with Gasteiger partial charge in [0.25, 0.3) is 0 Å². The highest BCUT2D eigenvalue weighted by atomic mass is 16.2. The molecule has 0 aliphatic carbocycles. The highest BCUT2D eigenvalue weighted by Gasteiger charge is 2.20. The topological polar surface area (TPSA) is 36.4 Å².